The zero-order valence-corrected chi connectivity index (χ0v) is 21.1. The Hall–Kier alpha value is -3.80. The topological polar surface area (TPSA) is 65.1 Å². The lowest BCUT2D eigenvalue weighted by Gasteiger charge is -2.23. The van der Waals surface area contributed by atoms with Crippen LogP contribution in [0.5, 0.6) is 11.5 Å². The average Bonchev–Trinajstić information content (AvgIpc) is 2.94. The lowest BCUT2D eigenvalue weighted by Crippen LogP contribution is -2.20. The minimum absolute atomic E-state index is 0.363. The molecule has 0 radical (unpaired) electrons. The van der Waals surface area contributed by atoms with Crippen molar-refractivity contribution in [2.45, 2.75) is 51.3 Å². The smallest absolute Gasteiger partial charge is 0.337 e. The number of esters is 1. The molecule has 6 nitrogen and oxygen atoms in total. The van der Waals surface area contributed by atoms with Gasteiger partial charge in [0.15, 0.2) is 11.5 Å². The molecule has 0 aromatic heterocycles. The molecule has 3 aromatic rings. The molecular weight excluding hydrogens is 454 g/mol. The molecule has 4 rings (SSSR count). The third kappa shape index (κ3) is 8.45. The van der Waals surface area contributed by atoms with Crippen LogP contribution in [0.4, 0.5) is 0 Å². The van der Waals surface area contributed by atoms with E-state index in [9.17, 15) is 9.59 Å². The third-order valence-electron chi connectivity index (χ3n) is 6.05. The maximum absolute atomic E-state index is 11.4. The van der Waals surface area contributed by atoms with E-state index in [2.05, 4.69) is 4.74 Å². The van der Waals surface area contributed by atoms with E-state index >= 15 is 0 Å². The summed E-state index contributed by atoms with van der Waals surface area (Å²) in [6, 6.07) is 24.7. The number of nitrogens with zero attached hydrogens (tertiary/aromatic N) is 1. The molecule has 0 spiro atoms. The number of benzene rings is 3. The van der Waals surface area contributed by atoms with E-state index < -0.39 is 0 Å². The number of ether oxygens (including phenoxy) is 3. The van der Waals surface area contributed by atoms with E-state index in [1.807, 2.05) is 66.7 Å². The summed E-state index contributed by atoms with van der Waals surface area (Å²) in [6.07, 6.45) is 7.51. The number of hydrogen-bond donors (Lipinski definition) is 0. The van der Waals surface area contributed by atoms with Crippen molar-refractivity contribution in [1.82, 2.24) is 4.90 Å². The van der Waals surface area contributed by atoms with Crippen LogP contribution < -0.4 is 9.47 Å². The van der Waals surface area contributed by atoms with Gasteiger partial charge < -0.3 is 19.1 Å². The molecule has 0 bridgehead atoms. The highest BCUT2D eigenvalue weighted by Gasteiger charge is 2.16. The first-order valence-corrected chi connectivity index (χ1v) is 12.3. The number of hydrogen-bond acceptors (Lipinski definition) is 5. The lowest BCUT2D eigenvalue weighted by atomic mass is 9.98. The maximum Gasteiger partial charge on any atom is 0.337 e. The standard InChI is InChI=1S/C17H17NO3.C13H18O2/c1-21-17(20)16-9-7-15(8-10-16)12-18(13-19)11-14-5-3-2-4-6-14;1-14-12-9-5-6-10-13(12)15-11-7-3-2-4-8-11/h2-10,13H,11-12H2,1H3;5-6,9-11H,2-4,7-8H2,1H3. The second-order valence-electron chi connectivity index (χ2n) is 8.71. The van der Waals surface area contributed by atoms with Gasteiger partial charge in [-0.1, -0.05) is 61.0 Å². The fourth-order valence-corrected chi connectivity index (χ4v) is 4.13. The number of methoxy groups -OCH3 is 2. The Balaban J connectivity index is 0.000000212. The number of amides is 1. The van der Waals surface area contributed by atoms with Crippen LogP contribution in [0, 0.1) is 0 Å². The van der Waals surface area contributed by atoms with E-state index in [0.29, 0.717) is 24.8 Å². The molecular formula is C30H35NO5. The number of carbonyl (C=O) groups is 2. The van der Waals surface area contributed by atoms with Gasteiger partial charge in [-0.25, -0.2) is 4.79 Å². The Morgan fingerprint density at radius 3 is 1.97 bits per heavy atom. The van der Waals surface area contributed by atoms with Crippen LogP contribution in [-0.2, 0) is 22.6 Å². The van der Waals surface area contributed by atoms with Gasteiger partial charge in [0.1, 0.15) is 0 Å². The van der Waals surface area contributed by atoms with Crippen molar-refractivity contribution in [2.24, 2.45) is 0 Å². The Kier molecular flexibility index (Phi) is 10.8. The summed E-state index contributed by atoms with van der Waals surface area (Å²) in [4.78, 5) is 24.2. The summed E-state index contributed by atoms with van der Waals surface area (Å²) >= 11 is 0. The molecule has 6 heteroatoms. The van der Waals surface area contributed by atoms with E-state index in [4.69, 9.17) is 9.47 Å². The van der Waals surface area contributed by atoms with Crippen molar-refractivity contribution in [3.05, 3.63) is 95.6 Å². The van der Waals surface area contributed by atoms with Gasteiger partial charge in [-0.2, -0.15) is 0 Å². The van der Waals surface area contributed by atoms with Crippen LogP contribution in [0.2, 0.25) is 0 Å². The van der Waals surface area contributed by atoms with Gasteiger partial charge in [-0.3, -0.25) is 4.79 Å². The lowest BCUT2D eigenvalue weighted by molar-refractivity contribution is -0.119. The van der Waals surface area contributed by atoms with Crippen LogP contribution in [0.3, 0.4) is 0 Å². The highest BCUT2D eigenvalue weighted by atomic mass is 16.5. The monoisotopic (exact) mass is 489 g/mol. The van der Waals surface area contributed by atoms with Crippen molar-refractivity contribution in [3.8, 4) is 11.5 Å². The largest absolute Gasteiger partial charge is 0.493 e. The molecule has 3 aromatic carbocycles. The van der Waals surface area contributed by atoms with Crippen molar-refractivity contribution in [2.75, 3.05) is 14.2 Å². The fraction of sp³-hybridized carbons (Fsp3) is 0.333. The molecule has 0 heterocycles. The number of carbonyl (C=O) groups excluding carboxylic acids is 2. The van der Waals surface area contributed by atoms with Crippen molar-refractivity contribution in [1.29, 1.82) is 0 Å². The Labute approximate surface area is 213 Å². The number of rotatable bonds is 9. The summed E-state index contributed by atoms with van der Waals surface area (Å²) in [5, 5.41) is 0. The summed E-state index contributed by atoms with van der Waals surface area (Å²) in [5.41, 5.74) is 2.54. The van der Waals surface area contributed by atoms with Gasteiger partial charge >= 0.3 is 5.97 Å². The third-order valence-corrected chi connectivity index (χ3v) is 6.05. The highest BCUT2D eigenvalue weighted by Crippen LogP contribution is 2.30. The highest BCUT2D eigenvalue weighted by molar-refractivity contribution is 5.89. The normalized spacial score (nSPS) is 13.1. The van der Waals surface area contributed by atoms with Crippen molar-refractivity contribution < 1.29 is 23.8 Å². The zero-order valence-electron chi connectivity index (χ0n) is 21.1. The SMILES string of the molecule is COC(=O)c1ccc(CN(C=O)Cc2ccccc2)cc1.COc1ccccc1OC1CCCCC1. The Morgan fingerprint density at radius 1 is 0.806 bits per heavy atom. The van der Waals surface area contributed by atoms with Gasteiger partial charge in [0, 0.05) is 13.1 Å². The molecule has 36 heavy (non-hydrogen) atoms. The molecule has 190 valence electrons. The van der Waals surface area contributed by atoms with Crippen LogP contribution in [0.15, 0.2) is 78.9 Å². The van der Waals surface area contributed by atoms with Crippen LogP contribution >= 0.6 is 0 Å². The maximum atomic E-state index is 11.4. The first-order chi connectivity index (χ1) is 17.6. The molecule has 1 fully saturated rings. The molecule has 1 aliphatic carbocycles. The molecule has 0 atom stereocenters. The summed E-state index contributed by atoms with van der Waals surface area (Å²) < 4.78 is 15.9. The molecule has 1 aliphatic rings. The summed E-state index contributed by atoms with van der Waals surface area (Å²) in [5.74, 6) is 1.35. The van der Waals surface area contributed by atoms with Crippen LogP contribution in [-0.4, -0.2) is 37.6 Å². The van der Waals surface area contributed by atoms with E-state index in [1.54, 1.807) is 24.1 Å². The van der Waals surface area contributed by atoms with E-state index in [1.165, 1.54) is 39.2 Å². The van der Waals surface area contributed by atoms with E-state index in [-0.39, 0.29) is 5.97 Å². The Bertz CT molecular complexity index is 1060. The second kappa shape index (κ2) is 14.6. The summed E-state index contributed by atoms with van der Waals surface area (Å²) in [7, 11) is 3.04. The summed E-state index contributed by atoms with van der Waals surface area (Å²) in [6.45, 7) is 1.06. The minimum Gasteiger partial charge on any atom is -0.493 e. The predicted octanol–water partition coefficient (Wildman–Crippen LogP) is 6.04. The molecule has 0 aliphatic heterocycles. The first-order valence-electron chi connectivity index (χ1n) is 12.3. The van der Waals surface area contributed by atoms with Crippen molar-refractivity contribution in [3.63, 3.8) is 0 Å². The molecule has 0 unspecified atom stereocenters. The Morgan fingerprint density at radius 2 is 1.39 bits per heavy atom. The molecule has 1 amide bonds. The predicted molar refractivity (Wildman–Crippen MR) is 140 cm³/mol. The zero-order chi connectivity index (χ0) is 25.6. The van der Waals surface area contributed by atoms with Gasteiger partial charge in [0.05, 0.1) is 25.9 Å². The van der Waals surface area contributed by atoms with Gasteiger partial charge in [-0.15, -0.1) is 0 Å². The van der Waals surface area contributed by atoms with Crippen LogP contribution in [0.25, 0.3) is 0 Å². The second-order valence-corrected chi connectivity index (χ2v) is 8.71. The first kappa shape index (κ1) is 26.8. The average molecular weight is 490 g/mol. The van der Waals surface area contributed by atoms with Gasteiger partial charge in [0.2, 0.25) is 6.41 Å². The van der Waals surface area contributed by atoms with E-state index in [0.717, 1.165) is 29.0 Å². The van der Waals surface area contributed by atoms with Gasteiger partial charge in [-0.05, 0) is 61.1 Å². The number of para-hydroxylation sites is 2. The minimum atomic E-state index is -0.363. The molecule has 0 N–H and O–H groups in total. The quantitative estimate of drug-likeness (QED) is 0.271. The van der Waals surface area contributed by atoms with Gasteiger partial charge in [0.25, 0.3) is 0 Å². The fourth-order valence-electron chi connectivity index (χ4n) is 4.13. The molecule has 0 saturated heterocycles. The molecule has 1 saturated carbocycles. The van der Waals surface area contributed by atoms with Crippen molar-refractivity contribution >= 4 is 12.4 Å². The van der Waals surface area contributed by atoms with Crippen LogP contribution in [0.1, 0.15) is 53.6 Å².